The summed E-state index contributed by atoms with van der Waals surface area (Å²) in [6.45, 7) is 2.13. The van der Waals surface area contributed by atoms with Crippen LogP contribution in [0.4, 0.5) is 5.69 Å². The molecule has 0 aliphatic heterocycles. The van der Waals surface area contributed by atoms with Crippen molar-refractivity contribution in [2.75, 3.05) is 5.32 Å². The minimum Gasteiger partial charge on any atom is -0.378 e. The Balaban J connectivity index is 2.07. The van der Waals surface area contributed by atoms with E-state index >= 15 is 0 Å². The van der Waals surface area contributed by atoms with E-state index in [2.05, 4.69) is 29.8 Å². The molecule has 0 amide bonds. The summed E-state index contributed by atoms with van der Waals surface area (Å²) < 4.78 is 0.840. The van der Waals surface area contributed by atoms with Gasteiger partial charge in [0.05, 0.1) is 4.34 Å². The third kappa shape index (κ3) is 2.74. The fourth-order valence-electron chi connectivity index (χ4n) is 1.42. The summed E-state index contributed by atoms with van der Waals surface area (Å²) in [4.78, 5) is 0. The Morgan fingerprint density at radius 2 is 2.00 bits per heavy atom. The van der Waals surface area contributed by atoms with Crippen LogP contribution in [0.2, 0.25) is 4.34 Å². The highest BCUT2D eigenvalue weighted by Crippen LogP contribution is 2.26. The predicted molar refractivity (Wildman–Crippen MR) is 67.8 cm³/mol. The maximum absolute atomic E-state index is 5.90. The summed E-state index contributed by atoms with van der Waals surface area (Å²) in [6.07, 6.45) is 0. The smallest absolute Gasteiger partial charge is 0.0931 e. The first-order chi connectivity index (χ1) is 7.25. The lowest BCUT2D eigenvalue weighted by Gasteiger charge is -2.13. The first-order valence-electron chi connectivity index (χ1n) is 4.81. The normalized spacial score (nSPS) is 12.4. The van der Waals surface area contributed by atoms with Crippen LogP contribution in [0.1, 0.15) is 18.5 Å². The second kappa shape index (κ2) is 4.69. The fourth-order valence-corrected chi connectivity index (χ4v) is 2.40. The summed E-state index contributed by atoms with van der Waals surface area (Å²) in [7, 11) is 0. The van der Waals surface area contributed by atoms with Gasteiger partial charge in [0.25, 0.3) is 0 Å². The van der Waals surface area contributed by atoms with Gasteiger partial charge < -0.3 is 5.32 Å². The molecule has 1 unspecified atom stereocenters. The first kappa shape index (κ1) is 10.5. The molecule has 0 spiro atoms. The molecule has 0 saturated heterocycles. The van der Waals surface area contributed by atoms with Crippen LogP contribution in [-0.4, -0.2) is 0 Å². The maximum atomic E-state index is 5.90. The van der Waals surface area contributed by atoms with Crippen molar-refractivity contribution in [3.63, 3.8) is 0 Å². The molecule has 0 radical (unpaired) electrons. The first-order valence-corrected chi connectivity index (χ1v) is 6.07. The zero-order valence-electron chi connectivity index (χ0n) is 8.41. The van der Waals surface area contributed by atoms with Gasteiger partial charge in [-0.25, -0.2) is 0 Å². The van der Waals surface area contributed by atoms with Crippen molar-refractivity contribution in [3.8, 4) is 0 Å². The number of anilines is 1. The number of benzene rings is 1. The summed E-state index contributed by atoms with van der Waals surface area (Å²) in [5.74, 6) is 0. The fraction of sp³-hybridized carbons (Fsp3) is 0.167. The summed E-state index contributed by atoms with van der Waals surface area (Å²) in [6, 6.07) is 12.5. The predicted octanol–water partition coefficient (Wildman–Crippen LogP) is 4.57. The number of rotatable bonds is 3. The number of hydrogen-bond acceptors (Lipinski definition) is 2. The van der Waals surface area contributed by atoms with Crippen LogP contribution >= 0.6 is 22.9 Å². The molecule has 78 valence electrons. The molecule has 3 heteroatoms. The van der Waals surface area contributed by atoms with Crippen LogP contribution < -0.4 is 5.32 Å². The van der Waals surface area contributed by atoms with E-state index in [0.717, 1.165) is 10.0 Å². The Labute approximate surface area is 98.7 Å². The van der Waals surface area contributed by atoms with Crippen LogP contribution in [-0.2, 0) is 0 Å². The van der Waals surface area contributed by atoms with Gasteiger partial charge >= 0.3 is 0 Å². The van der Waals surface area contributed by atoms with Crippen molar-refractivity contribution < 1.29 is 0 Å². The molecule has 2 rings (SSSR count). The Bertz CT molecular complexity index is 424. The Hall–Kier alpha value is -0.990. The summed E-state index contributed by atoms with van der Waals surface area (Å²) >= 11 is 7.47. The average molecular weight is 238 g/mol. The molecule has 0 aliphatic rings. The number of halogens is 1. The van der Waals surface area contributed by atoms with Gasteiger partial charge in [0, 0.05) is 11.7 Å². The van der Waals surface area contributed by atoms with Crippen LogP contribution in [0.3, 0.4) is 0 Å². The monoisotopic (exact) mass is 237 g/mol. The lowest BCUT2D eigenvalue weighted by molar-refractivity contribution is 0.891. The van der Waals surface area contributed by atoms with Crippen LogP contribution in [0.15, 0.2) is 41.8 Å². The molecule has 1 N–H and O–H groups in total. The Morgan fingerprint density at radius 1 is 1.27 bits per heavy atom. The minimum absolute atomic E-state index is 0.288. The highest BCUT2D eigenvalue weighted by atomic mass is 35.5. The molecule has 1 nitrogen and oxygen atoms in total. The van der Waals surface area contributed by atoms with Crippen LogP contribution in [0.25, 0.3) is 0 Å². The highest BCUT2D eigenvalue weighted by Gasteiger charge is 2.06. The van der Waals surface area contributed by atoms with Crippen molar-refractivity contribution >= 4 is 28.6 Å². The van der Waals surface area contributed by atoms with E-state index in [4.69, 9.17) is 11.6 Å². The highest BCUT2D eigenvalue weighted by molar-refractivity contribution is 7.14. The van der Waals surface area contributed by atoms with Crippen molar-refractivity contribution in [1.82, 2.24) is 0 Å². The third-order valence-electron chi connectivity index (χ3n) is 2.24. The van der Waals surface area contributed by atoms with Crippen LogP contribution in [0.5, 0.6) is 0 Å². The molecule has 1 aromatic carbocycles. The molecule has 1 heterocycles. The SMILES string of the molecule is CC(Nc1ccccc1)c1csc(Cl)c1. The van der Waals surface area contributed by atoms with E-state index in [-0.39, 0.29) is 6.04 Å². The molecule has 15 heavy (non-hydrogen) atoms. The van der Waals surface area contributed by atoms with Crippen molar-refractivity contribution in [2.45, 2.75) is 13.0 Å². The van der Waals surface area contributed by atoms with Gasteiger partial charge in [0.2, 0.25) is 0 Å². The largest absolute Gasteiger partial charge is 0.378 e. The van der Waals surface area contributed by atoms with E-state index < -0.39 is 0 Å². The van der Waals surface area contributed by atoms with E-state index in [1.807, 2.05) is 24.3 Å². The van der Waals surface area contributed by atoms with E-state index in [0.29, 0.717) is 0 Å². The molecule has 1 atom stereocenters. The summed E-state index contributed by atoms with van der Waals surface area (Å²) in [5, 5.41) is 5.51. The molecular formula is C12H12ClNS. The minimum atomic E-state index is 0.288. The second-order valence-corrected chi connectivity index (χ2v) is 4.96. The van der Waals surface area contributed by atoms with Gasteiger partial charge in [-0.2, -0.15) is 0 Å². The molecule has 0 bridgehead atoms. The molecule has 0 saturated carbocycles. The Morgan fingerprint density at radius 3 is 2.60 bits per heavy atom. The van der Waals surface area contributed by atoms with Gasteiger partial charge in [-0.15, -0.1) is 11.3 Å². The quantitative estimate of drug-likeness (QED) is 0.824. The standard InChI is InChI=1S/C12H12ClNS/c1-9(10-7-12(13)15-8-10)14-11-5-3-2-4-6-11/h2-9,14H,1H3. The third-order valence-corrected chi connectivity index (χ3v) is 3.35. The maximum Gasteiger partial charge on any atom is 0.0931 e. The van der Waals surface area contributed by atoms with E-state index in [9.17, 15) is 0 Å². The molecule has 2 aromatic rings. The number of hydrogen-bond donors (Lipinski definition) is 1. The number of nitrogens with one attached hydrogen (secondary N) is 1. The van der Waals surface area contributed by atoms with Gasteiger partial charge in [-0.1, -0.05) is 29.8 Å². The molecular weight excluding hydrogens is 226 g/mol. The zero-order chi connectivity index (χ0) is 10.7. The van der Waals surface area contributed by atoms with E-state index in [1.165, 1.54) is 5.56 Å². The second-order valence-electron chi connectivity index (χ2n) is 3.42. The van der Waals surface area contributed by atoms with E-state index in [1.54, 1.807) is 11.3 Å². The van der Waals surface area contributed by atoms with Gasteiger partial charge in [0.1, 0.15) is 0 Å². The van der Waals surface area contributed by atoms with Crippen molar-refractivity contribution in [2.24, 2.45) is 0 Å². The van der Waals surface area contributed by atoms with Crippen LogP contribution in [0, 0.1) is 0 Å². The van der Waals surface area contributed by atoms with Gasteiger partial charge in [-0.05, 0) is 36.1 Å². The van der Waals surface area contributed by atoms with Gasteiger partial charge in [0.15, 0.2) is 0 Å². The number of thiophene rings is 1. The average Bonchev–Trinajstić information content (AvgIpc) is 2.66. The Kier molecular flexibility index (Phi) is 3.29. The zero-order valence-corrected chi connectivity index (χ0v) is 9.98. The topological polar surface area (TPSA) is 12.0 Å². The van der Waals surface area contributed by atoms with Crippen molar-refractivity contribution in [3.05, 3.63) is 51.7 Å². The summed E-state index contributed by atoms with van der Waals surface area (Å²) in [5.41, 5.74) is 2.36. The molecule has 1 aromatic heterocycles. The van der Waals surface area contributed by atoms with Gasteiger partial charge in [-0.3, -0.25) is 0 Å². The molecule has 0 fully saturated rings. The lowest BCUT2D eigenvalue weighted by atomic mass is 10.2. The molecule has 0 aliphatic carbocycles. The van der Waals surface area contributed by atoms with Crippen molar-refractivity contribution in [1.29, 1.82) is 0 Å². The lowest BCUT2D eigenvalue weighted by Crippen LogP contribution is -2.04. The number of para-hydroxylation sites is 1.